The third-order valence-electron chi connectivity index (χ3n) is 3.73. The Morgan fingerprint density at radius 1 is 0.905 bits per heavy atom. The molecule has 1 unspecified atom stereocenters. The fourth-order valence-corrected chi connectivity index (χ4v) is 3.57. The summed E-state index contributed by atoms with van der Waals surface area (Å²) in [5.74, 6) is 0.888. The average molecular weight is 293 g/mol. The van der Waals surface area contributed by atoms with Crippen LogP contribution in [0.15, 0.2) is 71.6 Å². The zero-order chi connectivity index (χ0) is 14.7. The molecule has 3 aromatic rings. The Labute approximate surface area is 130 Å². The number of benzene rings is 3. The molecule has 0 aliphatic carbocycles. The van der Waals surface area contributed by atoms with Crippen LogP contribution >= 0.6 is 11.8 Å². The molecule has 0 aliphatic heterocycles. The van der Waals surface area contributed by atoms with Crippen LogP contribution in [0.1, 0.15) is 17.2 Å². The van der Waals surface area contributed by atoms with Gasteiger partial charge in [0.1, 0.15) is 0 Å². The van der Waals surface area contributed by atoms with Gasteiger partial charge in [0.25, 0.3) is 0 Å². The predicted molar refractivity (Wildman–Crippen MR) is 92.8 cm³/mol. The van der Waals surface area contributed by atoms with Crippen molar-refractivity contribution in [1.29, 1.82) is 0 Å². The molecule has 2 N–H and O–H groups in total. The molecule has 21 heavy (non-hydrogen) atoms. The van der Waals surface area contributed by atoms with E-state index in [1.54, 1.807) is 0 Å². The van der Waals surface area contributed by atoms with Crippen LogP contribution in [0.25, 0.3) is 10.8 Å². The molecule has 3 rings (SSSR count). The lowest BCUT2D eigenvalue weighted by molar-refractivity contribution is 0.840. The van der Waals surface area contributed by atoms with Gasteiger partial charge in [0.2, 0.25) is 0 Å². The van der Waals surface area contributed by atoms with E-state index < -0.39 is 0 Å². The molecule has 0 saturated heterocycles. The highest BCUT2D eigenvalue weighted by molar-refractivity contribution is 7.99. The second-order valence-corrected chi connectivity index (χ2v) is 6.31. The van der Waals surface area contributed by atoms with E-state index in [1.807, 2.05) is 11.8 Å². The fraction of sp³-hybridized carbons (Fsp3) is 0.158. The molecule has 0 saturated carbocycles. The molecule has 3 aromatic carbocycles. The summed E-state index contributed by atoms with van der Waals surface area (Å²) in [4.78, 5) is 1.31. The van der Waals surface area contributed by atoms with Gasteiger partial charge in [0.05, 0.1) is 0 Å². The Balaban J connectivity index is 1.81. The SMILES string of the molecule is Cc1ccccc1SCC(N)c1cccc2ccccc12. The number of nitrogens with two attached hydrogens (primary N) is 1. The van der Waals surface area contributed by atoms with Crippen LogP contribution in [-0.2, 0) is 0 Å². The maximum atomic E-state index is 6.44. The number of hydrogen-bond acceptors (Lipinski definition) is 2. The van der Waals surface area contributed by atoms with Crippen molar-refractivity contribution >= 4 is 22.5 Å². The lowest BCUT2D eigenvalue weighted by Gasteiger charge is -2.15. The van der Waals surface area contributed by atoms with Crippen molar-refractivity contribution < 1.29 is 0 Å². The molecule has 0 aliphatic rings. The molecule has 106 valence electrons. The topological polar surface area (TPSA) is 26.0 Å². The Bertz CT molecular complexity index is 746. The third kappa shape index (κ3) is 3.12. The van der Waals surface area contributed by atoms with E-state index >= 15 is 0 Å². The fourth-order valence-electron chi connectivity index (χ4n) is 2.56. The van der Waals surface area contributed by atoms with Crippen molar-refractivity contribution in [2.75, 3.05) is 5.75 Å². The molecule has 1 atom stereocenters. The van der Waals surface area contributed by atoms with Crippen LogP contribution in [0.4, 0.5) is 0 Å². The van der Waals surface area contributed by atoms with Crippen molar-refractivity contribution in [2.45, 2.75) is 17.9 Å². The first-order chi connectivity index (χ1) is 10.3. The van der Waals surface area contributed by atoms with Crippen LogP contribution in [0.5, 0.6) is 0 Å². The van der Waals surface area contributed by atoms with Gasteiger partial charge in [-0.15, -0.1) is 11.8 Å². The highest BCUT2D eigenvalue weighted by atomic mass is 32.2. The normalized spacial score (nSPS) is 12.5. The zero-order valence-electron chi connectivity index (χ0n) is 12.1. The van der Waals surface area contributed by atoms with Crippen molar-refractivity contribution in [3.05, 3.63) is 77.9 Å². The van der Waals surface area contributed by atoms with E-state index in [1.165, 1.54) is 26.8 Å². The van der Waals surface area contributed by atoms with Crippen molar-refractivity contribution in [3.63, 3.8) is 0 Å². The molecule has 0 amide bonds. The zero-order valence-corrected chi connectivity index (χ0v) is 12.9. The van der Waals surface area contributed by atoms with Gasteiger partial charge >= 0.3 is 0 Å². The van der Waals surface area contributed by atoms with Crippen LogP contribution in [0, 0.1) is 6.92 Å². The second-order valence-electron chi connectivity index (χ2n) is 5.25. The quantitative estimate of drug-likeness (QED) is 0.689. The first kappa shape index (κ1) is 14.2. The van der Waals surface area contributed by atoms with Gasteiger partial charge in [-0.05, 0) is 34.9 Å². The Hall–Kier alpha value is -1.77. The molecule has 0 aromatic heterocycles. The molecule has 0 radical (unpaired) electrons. The molecule has 2 heteroatoms. The predicted octanol–water partition coefficient (Wildman–Crippen LogP) is 4.94. The van der Waals surface area contributed by atoms with E-state index in [0.29, 0.717) is 0 Å². The molecule has 0 spiro atoms. The van der Waals surface area contributed by atoms with E-state index in [9.17, 15) is 0 Å². The van der Waals surface area contributed by atoms with Gasteiger partial charge < -0.3 is 5.73 Å². The Morgan fingerprint density at radius 3 is 2.48 bits per heavy atom. The summed E-state index contributed by atoms with van der Waals surface area (Å²) in [6.45, 7) is 2.14. The largest absolute Gasteiger partial charge is 0.323 e. The van der Waals surface area contributed by atoms with Crippen LogP contribution in [-0.4, -0.2) is 5.75 Å². The summed E-state index contributed by atoms with van der Waals surface area (Å²) in [5.41, 5.74) is 8.98. The summed E-state index contributed by atoms with van der Waals surface area (Å²) < 4.78 is 0. The summed E-state index contributed by atoms with van der Waals surface area (Å²) >= 11 is 1.83. The van der Waals surface area contributed by atoms with Gasteiger partial charge in [-0.3, -0.25) is 0 Å². The lowest BCUT2D eigenvalue weighted by Crippen LogP contribution is -2.13. The summed E-state index contributed by atoms with van der Waals surface area (Å²) in [6, 6.07) is 23.3. The van der Waals surface area contributed by atoms with E-state index in [4.69, 9.17) is 5.73 Å². The average Bonchev–Trinajstić information content (AvgIpc) is 2.53. The number of aryl methyl sites for hydroxylation is 1. The minimum Gasteiger partial charge on any atom is -0.323 e. The number of rotatable bonds is 4. The van der Waals surface area contributed by atoms with Gasteiger partial charge in [0.15, 0.2) is 0 Å². The van der Waals surface area contributed by atoms with Crippen LogP contribution in [0.3, 0.4) is 0 Å². The van der Waals surface area contributed by atoms with Crippen molar-refractivity contribution in [3.8, 4) is 0 Å². The lowest BCUT2D eigenvalue weighted by atomic mass is 10.0. The van der Waals surface area contributed by atoms with Crippen LogP contribution in [0.2, 0.25) is 0 Å². The standard InChI is InChI=1S/C19H19NS/c1-14-7-2-5-12-19(14)21-13-18(20)17-11-6-9-15-8-3-4-10-16(15)17/h2-12,18H,13,20H2,1H3. The number of hydrogen-bond donors (Lipinski definition) is 1. The van der Waals surface area contributed by atoms with Gasteiger partial charge in [-0.2, -0.15) is 0 Å². The number of fused-ring (bicyclic) bond motifs is 1. The summed E-state index contributed by atoms with van der Waals surface area (Å²) in [7, 11) is 0. The summed E-state index contributed by atoms with van der Waals surface area (Å²) in [5, 5.41) is 2.52. The highest BCUT2D eigenvalue weighted by Gasteiger charge is 2.10. The van der Waals surface area contributed by atoms with Crippen LogP contribution < -0.4 is 5.73 Å². The molecular weight excluding hydrogens is 274 g/mol. The maximum absolute atomic E-state index is 6.44. The monoisotopic (exact) mass is 293 g/mol. The third-order valence-corrected chi connectivity index (χ3v) is 5.03. The maximum Gasteiger partial charge on any atom is 0.0396 e. The Morgan fingerprint density at radius 2 is 1.62 bits per heavy atom. The molecular formula is C19H19NS. The minimum atomic E-state index is 0.0423. The summed E-state index contributed by atoms with van der Waals surface area (Å²) in [6.07, 6.45) is 0. The van der Waals surface area contributed by atoms with Crippen molar-refractivity contribution in [1.82, 2.24) is 0 Å². The second kappa shape index (κ2) is 6.33. The van der Waals surface area contributed by atoms with Gasteiger partial charge in [-0.1, -0.05) is 60.7 Å². The first-order valence-electron chi connectivity index (χ1n) is 7.17. The highest BCUT2D eigenvalue weighted by Crippen LogP contribution is 2.29. The Kier molecular flexibility index (Phi) is 4.28. The first-order valence-corrected chi connectivity index (χ1v) is 8.16. The molecule has 0 heterocycles. The minimum absolute atomic E-state index is 0.0423. The molecule has 0 bridgehead atoms. The van der Waals surface area contributed by atoms with E-state index in [2.05, 4.69) is 73.7 Å². The van der Waals surface area contributed by atoms with Gasteiger partial charge in [-0.25, -0.2) is 0 Å². The van der Waals surface area contributed by atoms with E-state index in [0.717, 1.165) is 5.75 Å². The van der Waals surface area contributed by atoms with Crippen molar-refractivity contribution in [2.24, 2.45) is 5.73 Å². The van der Waals surface area contributed by atoms with E-state index in [-0.39, 0.29) is 6.04 Å². The number of thioether (sulfide) groups is 1. The van der Waals surface area contributed by atoms with Gasteiger partial charge in [0, 0.05) is 16.7 Å². The molecule has 1 nitrogen and oxygen atoms in total. The smallest absolute Gasteiger partial charge is 0.0396 e. The molecule has 0 fully saturated rings.